The lowest BCUT2D eigenvalue weighted by Crippen LogP contribution is -2.11. The zero-order valence-electron chi connectivity index (χ0n) is 11.2. The summed E-state index contributed by atoms with van der Waals surface area (Å²) in [5, 5.41) is 12.6. The van der Waals surface area contributed by atoms with Crippen molar-refractivity contribution in [1.29, 1.82) is 0 Å². The van der Waals surface area contributed by atoms with Crippen molar-refractivity contribution in [2.45, 2.75) is 6.92 Å². The van der Waals surface area contributed by atoms with Crippen molar-refractivity contribution in [3.8, 4) is 5.75 Å². The predicted octanol–water partition coefficient (Wildman–Crippen LogP) is 4.31. The van der Waals surface area contributed by atoms with E-state index >= 15 is 0 Å². The minimum absolute atomic E-state index is 0.0758. The van der Waals surface area contributed by atoms with E-state index in [1.807, 2.05) is 0 Å². The lowest BCUT2D eigenvalue weighted by molar-refractivity contribution is 0.103. The van der Waals surface area contributed by atoms with E-state index in [2.05, 4.69) is 5.32 Å². The third-order valence-electron chi connectivity index (χ3n) is 3.21. The molecule has 1 amide bonds. The number of benzene rings is 2. The van der Waals surface area contributed by atoms with E-state index in [0.717, 1.165) is 4.70 Å². The highest BCUT2D eigenvalue weighted by molar-refractivity contribution is 7.21. The molecular weight excluding hydrogens is 289 g/mol. The molecule has 0 saturated carbocycles. The van der Waals surface area contributed by atoms with Crippen LogP contribution in [-0.4, -0.2) is 11.0 Å². The number of fused-ring (bicyclic) bond motifs is 1. The summed E-state index contributed by atoms with van der Waals surface area (Å²) in [5.41, 5.74) is 1.13. The van der Waals surface area contributed by atoms with Crippen LogP contribution in [0.3, 0.4) is 0 Å². The van der Waals surface area contributed by atoms with Crippen LogP contribution in [0, 0.1) is 12.7 Å². The molecule has 0 radical (unpaired) electrons. The summed E-state index contributed by atoms with van der Waals surface area (Å²) < 4.78 is 14.6. The number of carbonyl (C=O) groups is 1. The first-order valence-electron chi connectivity index (χ1n) is 6.34. The van der Waals surface area contributed by atoms with Crippen molar-refractivity contribution in [2.24, 2.45) is 0 Å². The molecule has 0 fully saturated rings. The van der Waals surface area contributed by atoms with Crippen molar-refractivity contribution in [1.82, 2.24) is 0 Å². The maximum atomic E-state index is 13.8. The standard InChI is InChI=1S/C16H12FNO2S/c1-9-14-12(17)6-3-7-13(14)21-15(9)16(20)18-10-4-2-5-11(19)8-10/h2-8,19H,1H3,(H,18,20). The molecule has 3 rings (SSSR count). The van der Waals surface area contributed by atoms with Crippen LogP contribution in [0.25, 0.3) is 10.1 Å². The average Bonchev–Trinajstić information content (AvgIpc) is 2.77. The second-order valence-corrected chi connectivity index (χ2v) is 5.73. The highest BCUT2D eigenvalue weighted by Gasteiger charge is 2.17. The van der Waals surface area contributed by atoms with Crippen molar-refractivity contribution in [2.75, 3.05) is 5.32 Å². The Morgan fingerprint density at radius 1 is 1.24 bits per heavy atom. The Balaban J connectivity index is 1.99. The van der Waals surface area contributed by atoms with Crippen LogP contribution in [0.2, 0.25) is 0 Å². The smallest absolute Gasteiger partial charge is 0.266 e. The van der Waals surface area contributed by atoms with Gasteiger partial charge < -0.3 is 10.4 Å². The Bertz CT molecular complexity index is 841. The Hall–Kier alpha value is -2.40. The molecule has 106 valence electrons. The normalized spacial score (nSPS) is 10.8. The number of amides is 1. The van der Waals surface area contributed by atoms with Crippen LogP contribution in [0.15, 0.2) is 42.5 Å². The molecule has 3 nitrogen and oxygen atoms in total. The summed E-state index contributed by atoms with van der Waals surface area (Å²) in [6.07, 6.45) is 0. The quantitative estimate of drug-likeness (QED) is 0.741. The zero-order chi connectivity index (χ0) is 15.0. The van der Waals surface area contributed by atoms with Crippen molar-refractivity contribution in [3.05, 3.63) is 58.7 Å². The largest absolute Gasteiger partial charge is 0.508 e. The molecule has 5 heteroatoms. The minimum atomic E-state index is -0.322. The first-order valence-corrected chi connectivity index (χ1v) is 7.16. The van der Waals surface area contributed by atoms with Gasteiger partial charge in [0.1, 0.15) is 11.6 Å². The maximum Gasteiger partial charge on any atom is 0.266 e. The number of phenolic OH excluding ortho intramolecular Hbond substituents is 1. The fraction of sp³-hybridized carbons (Fsp3) is 0.0625. The number of anilines is 1. The highest BCUT2D eigenvalue weighted by Crippen LogP contribution is 2.33. The van der Waals surface area contributed by atoms with E-state index in [1.165, 1.54) is 29.5 Å². The molecule has 0 atom stereocenters. The molecule has 0 aliphatic rings. The van der Waals surface area contributed by atoms with Crippen LogP contribution in [0.1, 0.15) is 15.2 Å². The van der Waals surface area contributed by atoms with E-state index in [1.54, 1.807) is 31.2 Å². The number of rotatable bonds is 2. The van der Waals surface area contributed by atoms with Gasteiger partial charge in [-0.2, -0.15) is 0 Å². The number of nitrogens with one attached hydrogen (secondary N) is 1. The molecule has 0 bridgehead atoms. The number of hydrogen-bond acceptors (Lipinski definition) is 3. The molecule has 0 spiro atoms. The van der Waals surface area contributed by atoms with Gasteiger partial charge in [-0.05, 0) is 36.8 Å². The van der Waals surface area contributed by atoms with Crippen LogP contribution >= 0.6 is 11.3 Å². The summed E-state index contributed by atoms with van der Waals surface area (Å²) in [5.74, 6) is -0.553. The van der Waals surface area contributed by atoms with E-state index in [-0.39, 0.29) is 17.5 Å². The number of aryl methyl sites for hydroxylation is 1. The average molecular weight is 301 g/mol. The monoisotopic (exact) mass is 301 g/mol. The summed E-state index contributed by atoms with van der Waals surface area (Å²) in [6.45, 7) is 1.74. The predicted molar refractivity (Wildman–Crippen MR) is 82.6 cm³/mol. The second-order valence-electron chi connectivity index (χ2n) is 4.67. The van der Waals surface area contributed by atoms with Crippen molar-refractivity contribution >= 4 is 33.0 Å². The number of hydrogen-bond donors (Lipinski definition) is 2. The van der Waals surface area contributed by atoms with Gasteiger partial charge in [-0.25, -0.2) is 4.39 Å². The first kappa shape index (κ1) is 13.6. The van der Waals surface area contributed by atoms with Crippen LogP contribution in [-0.2, 0) is 0 Å². The van der Waals surface area contributed by atoms with E-state index < -0.39 is 0 Å². The number of phenols is 1. The SMILES string of the molecule is Cc1c(C(=O)Nc2cccc(O)c2)sc2cccc(F)c12. The Morgan fingerprint density at radius 3 is 2.71 bits per heavy atom. The molecule has 1 aromatic heterocycles. The molecule has 2 aromatic carbocycles. The fourth-order valence-electron chi connectivity index (χ4n) is 2.24. The zero-order valence-corrected chi connectivity index (χ0v) is 12.0. The van der Waals surface area contributed by atoms with Gasteiger partial charge in [0.25, 0.3) is 5.91 Å². The molecular formula is C16H12FNO2S. The Morgan fingerprint density at radius 2 is 2.00 bits per heavy atom. The van der Waals surface area contributed by atoms with E-state index in [0.29, 0.717) is 21.5 Å². The lowest BCUT2D eigenvalue weighted by atomic mass is 10.1. The summed E-state index contributed by atoms with van der Waals surface area (Å²) in [4.78, 5) is 12.8. The first-order chi connectivity index (χ1) is 10.1. The molecule has 1 heterocycles. The van der Waals surface area contributed by atoms with Crippen molar-refractivity contribution in [3.63, 3.8) is 0 Å². The molecule has 2 N–H and O–H groups in total. The van der Waals surface area contributed by atoms with Crippen LogP contribution in [0.5, 0.6) is 5.75 Å². The summed E-state index contributed by atoms with van der Waals surface area (Å²) >= 11 is 1.26. The van der Waals surface area contributed by atoms with Gasteiger partial charge in [0, 0.05) is 21.8 Å². The Labute approximate surface area is 124 Å². The Kier molecular flexibility index (Phi) is 3.35. The van der Waals surface area contributed by atoms with E-state index in [9.17, 15) is 14.3 Å². The lowest BCUT2D eigenvalue weighted by Gasteiger charge is -2.04. The van der Waals surface area contributed by atoms with Gasteiger partial charge in [0.15, 0.2) is 0 Å². The molecule has 0 aliphatic carbocycles. The third-order valence-corrected chi connectivity index (χ3v) is 4.47. The molecule has 0 saturated heterocycles. The third kappa shape index (κ3) is 2.48. The van der Waals surface area contributed by atoms with Crippen LogP contribution < -0.4 is 5.32 Å². The number of thiophene rings is 1. The highest BCUT2D eigenvalue weighted by atomic mass is 32.1. The maximum absolute atomic E-state index is 13.8. The van der Waals surface area contributed by atoms with Gasteiger partial charge in [0.2, 0.25) is 0 Å². The summed E-state index contributed by atoms with van der Waals surface area (Å²) in [7, 11) is 0. The number of aromatic hydroxyl groups is 1. The number of carbonyl (C=O) groups excluding carboxylic acids is 1. The van der Waals surface area contributed by atoms with Gasteiger partial charge in [-0.15, -0.1) is 11.3 Å². The second kappa shape index (κ2) is 5.18. The van der Waals surface area contributed by atoms with E-state index in [4.69, 9.17) is 0 Å². The molecule has 0 unspecified atom stereocenters. The molecule has 3 aromatic rings. The number of halogens is 1. The fourth-order valence-corrected chi connectivity index (χ4v) is 3.36. The topological polar surface area (TPSA) is 49.3 Å². The van der Waals surface area contributed by atoms with Gasteiger partial charge in [-0.3, -0.25) is 4.79 Å². The molecule has 0 aliphatic heterocycles. The minimum Gasteiger partial charge on any atom is -0.508 e. The summed E-state index contributed by atoms with van der Waals surface area (Å²) in [6, 6.07) is 11.1. The van der Waals surface area contributed by atoms with Crippen molar-refractivity contribution < 1.29 is 14.3 Å². The molecule has 21 heavy (non-hydrogen) atoms. The van der Waals surface area contributed by atoms with Gasteiger partial charge in [0.05, 0.1) is 4.88 Å². The van der Waals surface area contributed by atoms with Gasteiger partial charge >= 0.3 is 0 Å². The van der Waals surface area contributed by atoms with Gasteiger partial charge in [-0.1, -0.05) is 12.1 Å². The van der Waals surface area contributed by atoms with Crippen LogP contribution in [0.4, 0.5) is 10.1 Å².